The van der Waals surface area contributed by atoms with Gasteiger partial charge in [-0.3, -0.25) is 9.59 Å². The van der Waals surface area contributed by atoms with E-state index in [1.54, 1.807) is 7.11 Å². The Kier molecular flexibility index (Phi) is 6.45. The van der Waals surface area contributed by atoms with Crippen LogP contribution in [0, 0.1) is 5.92 Å². The van der Waals surface area contributed by atoms with Crippen molar-refractivity contribution in [3.05, 3.63) is 28.2 Å². The van der Waals surface area contributed by atoms with E-state index in [2.05, 4.69) is 21.2 Å². The summed E-state index contributed by atoms with van der Waals surface area (Å²) in [6.07, 6.45) is 3.88. The van der Waals surface area contributed by atoms with Gasteiger partial charge in [0.05, 0.1) is 17.5 Å². The van der Waals surface area contributed by atoms with Crippen molar-refractivity contribution in [2.45, 2.75) is 44.6 Å². The van der Waals surface area contributed by atoms with Crippen molar-refractivity contribution in [1.82, 2.24) is 5.32 Å². The molecule has 6 heteroatoms. The minimum atomic E-state index is -0.722. The third-order valence-electron chi connectivity index (χ3n) is 4.30. The summed E-state index contributed by atoms with van der Waals surface area (Å²) in [5, 5.41) is 12.0. The topological polar surface area (TPSA) is 75.6 Å². The molecule has 0 unspecified atom stereocenters. The molecule has 1 aliphatic carbocycles. The fourth-order valence-electron chi connectivity index (χ4n) is 2.91. The number of ether oxygens (including phenoxy) is 1. The largest absolute Gasteiger partial charge is 0.496 e. The number of hydrogen-bond donors (Lipinski definition) is 2. The van der Waals surface area contributed by atoms with Crippen LogP contribution in [0.1, 0.15) is 37.7 Å². The van der Waals surface area contributed by atoms with Crippen LogP contribution in [0.3, 0.4) is 0 Å². The van der Waals surface area contributed by atoms with Crippen LogP contribution < -0.4 is 10.1 Å². The van der Waals surface area contributed by atoms with Crippen LogP contribution in [0.5, 0.6) is 5.75 Å². The number of halogens is 1. The Bertz CT molecular complexity index is 568. The number of nitrogens with one attached hydrogen (secondary N) is 1. The zero-order valence-electron chi connectivity index (χ0n) is 13.2. The molecule has 0 spiro atoms. The van der Waals surface area contributed by atoms with Crippen LogP contribution in [0.25, 0.3) is 0 Å². The van der Waals surface area contributed by atoms with Crippen molar-refractivity contribution < 1.29 is 19.4 Å². The minimum absolute atomic E-state index is 0.0238. The maximum absolute atomic E-state index is 12.0. The molecule has 1 aliphatic rings. The van der Waals surface area contributed by atoms with Gasteiger partial charge in [-0.2, -0.15) is 0 Å². The number of carboxylic acid groups (broad SMARTS) is 1. The van der Waals surface area contributed by atoms with Crippen LogP contribution in [0.2, 0.25) is 0 Å². The molecular weight excluding hydrogens is 362 g/mol. The number of methoxy groups -OCH3 is 1. The normalized spacial score (nSPS) is 20.8. The first-order valence-corrected chi connectivity index (χ1v) is 8.63. The SMILES string of the molecule is COc1ccc(CCC(=O)NC2CCC(C(=O)O)CC2)cc1Br. The molecule has 0 aliphatic heterocycles. The number of carbonyl (C=O) groups is 2. The number of aliphatic carboxylic acids is 1. The lowest BCUT2D eigenvalue weighted by Crippen LogP contribution is -2.38. The molecule has 0 aromatic heterocycles. The number of aryl methyl sites for hydroxylation is 1. The Morgan fingerprint density at radius 2 is 2.00 bits per heavy atom. The summed E-state index contributed by atoms with van der Waals surface area (Å²) in [5.74, 6) is -0.177. The molecule has 126 valence electrons. The standard InChI is InChI=1S/C17H22BrNO4/c1-23-15-8-2-11(10-14(15)18)3-9-16(20)19-13-6-4-12(5-7-13)17(21)22/h2,8,10,12-13H,3-7,9H2,1H3,(H,19,20)(H,21,22). The van der Waals surface area contributed by atoms with Crippen LogP contribution in [-0.4, -0.2) is 30.1 Å². The second-order valence-electron chi connectivity index (χ2n) is 5.92. The quantitative estimate of drug-likeness (QED) is 0.790. The van der Waals surface area contributed by atoms with E-state index in [0.29, 0.717) is 25.7 Å². The number of carbonyl (C=O) groups excluding carboxylic acids is 1. The summed E-state index contributed by atoms with van der Waals surface area (Å²) in [7, 11) is 1.62. The molecule has 1 aromatic carbocycles. The number of carboxylic acids is 1. The van der Waals surface area contributed by atoms with Gasteiger partial charge in [0.1, 0.15) is 5.75 Å². The summed E-state index contributed by atoms with van der Waals surface area (Å²) in [4.78, 5) is 23.0. The van der Waals surface area contributed by atoms with E-state index >= 15 is 0 Å². The Hall–Kier alpha value is -1.56. The van der Waals surface area contributed by atoms with Gasteiger partial charge >= 0.3 is 5.97 Å². The molecular formula is C17H22BrNO4. The van der Waals surface area contributed by atoms with E-state index in [0.717, 1.165) is 28.6 Å². The predicted octanol–water partition coefficient (Wildman–Crippen LogP) is 3.15. The summed E-state index contributed by atoms with van der Waals surface area (Å²) in [6, 6.07) is 5.91. The van der Waals surface area contributed by atoms with Crippen LogP contribution in [0.15, 0.2) is 22.7 Å². The molecule has 0 bridgehead atoms. The van der Waals surface area contributed by atoms with Gasteiger partial charge in [0.25, 0.3) is 0 Å². The smallest absolute Gasteiger partial charge is 0.306 e. The van der Waals surface area contributed by atoms with Crippen molar-refractivity contribution in [3.8, 4) is 5.75 Å². The van der Waals surface area contributed by atoms with Crippen LogP contribution >= 0.6 is 15.9 Å². The molecule has 1 fully saturated rings. The van der Waals surface area contributed by atoms with E-state index in [-0.39, 0.29) is 17.9 Å². The highest BCUT2D eigenvalue weighted by molar-refractivity contribution is 9.10. The van der Waals surface area contributed by atoms with Gasteiger partial charge in [0.2, 0.25) is 5.91 Å². The first kappa shape index (κ1) is 17.8. The lowest BCUT2D eigenvalue weighted by Gasteiger charge is -2.26. The summed E-state index contributed by atoms with van der Waals surface area (Å²) >= 11 is 3.44. The van der Waals surface area contributed by atoms with Gasteiger partial charge in [-0.15, -0.1) is 0 Å². The Labute approximate surface area is 144 Å². The average molecular weight is 384 g/mol. The Morgan fingerprint density at radius 3 is 2.57 bits per heavy atom. The lowest BCUT2D eigenvalue weighted by atomic mass is 9.86. The maximum atomic E-state index is 12.0. The molecule has 0 radical (unpaired) electrons. The fraction of sp³-hybridized carbons (Fsp3) is 0.529. The molecule has 1 aromatic rings. The van der Waals surface area contributed by atoms with Gasteiger partial charge < -0.3 is 15.2 Å². The highest BCUT2D eigenvalue weighted by atomic mass is 79.9. The van der Waals surface area contributed by atoms with Gasteiger partial charge in [0.15, 0.2) is 0 Å². The molecule has 0 heterocycles. The van der Waals surface area contributed by atoms with Crippen molar-refractivity contribution in [1.29, 1.82) is 0 Å². The summed E-state index contributed by atoms with van der Waals surface area (Å²) in [6.45, 7) is 0. The van der Waals surface area contributed by atoms with E-state index in [1.165, 1.54) is 0 Å². The number of rotatable bonds is 6. The second kappa shape index (κ2) is 8.34. The van der Waals surface area contributed by atoms with E-state index in [4.69, 9.17) is 9.84 Å². The van der Waals surface area contributed by atoms with Gasteiger partial charge in [-0.05, 0) is 65.7 Å². The third-order valence-corrected chi connectivity index (χ3v) is 4.92. The third kappa shape index (κ3) is 5.23. The van der Waals surface area contributed by atoms with Crippen molar-refractivity contribution in [2.24, 2.45) is 5.92 Å². The number of amides is 1. The Morgan fingerprint density at radius 1 is 1.30 bits per heavy atom. The molecule has 1 saturated carbocycles. The number of hydrogen-bond acceptors (Lipinski definition) is 3. The van der Waals surface area contributed by atoms with Crippen molar-refractivity contribution >= 4 is 27.8 Å². The van der Waals surface area contributed by atoms with Gasteiger partial charge in [0, 0.05) is 12.5 Å². The highest BCUT2D eigenvalue weighted by Crippen LogP contribution is 2.26. The van der Waals surface area contributed by atoms with E-state index in [1.807, 2.05) is 18.2 Å². The molecule has 5 nitrogen and oxygen atoms in total. The highest BCUT2D eigenvalue weighted by Gasteiger charge is 2.26. The first-order chi connectivity index (χ1) is 11.0. The number of benzene rings is 1. The predicted molar refractivity (Wildman–Crippen MR) is 90.5 cm³/mol. The molecule has 2 rings (SSSR count). The van der Waals surface area contributed by atoms with Crippen molar-refractivity contribution in [3.63, 3.8) is 0 Å². The van der Waals surface area contributed by atoms with E-state index in [9.17, 15) is 9.59 Å². The second-order valence-corrected chi connectivity index (χ2v) is 6.78. The molecule has 1 amide bonds. The molecule has 0 saturated heterocycles. The Balaban J connectivity index is 1.75. The molecule has 23 heavy (non-hydrogen) atoms. The summed E-state index contributed by atoms with van der Waals surface area (Å²) < 4.78 is 6.06. The maximum Gasteiger partial charge on any atom is 0.306 e. The summed E-state index contributed by atoms with van der Waals surface area (Å²) in [5.41, 5.74) is 1.07. The zero-order valence-corrected chi connectivity index (χ0v) is 14.8. The lowest BCUT2D eigenvalue weighted by molar-refractivity contribution is -0.142. The fourth-order valence-corrected chi connectivity index (χ4v) is 3.50. The van der Waals surface area contributed by atoms with Crippen LogP contribution in [-0.2, 0) is 16.0 Å². The molecule has 2 N–H and O–H groups in total. The first-order valence-electron chi connectivity index (χ1n) is 7.84. The van der Waals surface area contributed by atoms with Gasteiger partial charge in [-0.25, -0.2) is 0 Å². The van der Waals surface area contributed by atoms with Crippen LogP contribution in [0.4, 0.5) is 0 Å². The monoisotopic (exact) mass is 383 g/mol. The van der Waals surface area contributed by atoms with Crippen molar-refractivity contribution in [2.75, 3.05) is 7.11 Å². The minimum Gasteiger partial charge on any atom is -0.496 e. The van der Waals surface area contributed by atoms with Gasteiger partial charge in [-0.1, -0.05) is 6.07 Å². The average Bonchev–Trinajstić information content (AvgIpc) is 2.53. The molecule has 0 atom stereocenters. The zero-order chi connectivity index (χ0) is 16.8. The van der Waals surface area contributed by atoms with E-state index < -0.39 is 5.97 Å².